The highest BCUT2D eigenvalue weighted by Gasteiger charge is 2.16. The van der Waals surface area contributed by atoms with Crippen molar-refractivity contribution < 1.29 is 0 Å². The topological polar surface area (TPSA) is 61.4 Å². The first kappa shape index (κ1) is 14.6. The summed E-state index contributed by atoms with van der Waals surface area (Å²) in [5.41, 5.74) is 3.98. The van der Waals surface area contributed by atoms with Gasteiger partial charge in [-0.1, -0.05) is 24.3 Å². The summed E-state index contributed by atoms with van der Waals surface area (Å²) in [5, 5.41) is 20.0. The molecule has 6 nitrogen and oxygen atoms in total. The summed E-state index contributed by atoms with van der Waals surface area (Å²) < 4.78 is 3.69. The lowest BCUT2D eigenvalue weighted by molar-refractivity contribution is 0.757. The SMILES string of the molecule is Cc1cc(C)n(-c2nnc(-n3nc(C)cc3C)c3ccccc23)n1. The third kappa shape index (κ3) is 2.19. The van der Waals surface area contributed by atoms with Gasteiger partial charge in [-0.15, -0.1) is 10.2 Å². The van der Waals surface area contributed by atoms with Crippen molar-refractivity contribution in [1.29, 1.82) is 0 Å². The largest absolute Gasteiger partial charge is 0.217 e. The van der Waals surface area contributed by atoms with Gasteiger partial charge in [-0.05, 0) is 39.8 Å². The molecule has 0 saturated carbocycles. The number of rotatable bonds is 2. The molecule has 0 aliphatic heterocycles. The van der Waals surface area contributed by atoms with Gasteiger partial charge in [0.15, 0.2) is 11.6 Å². The van der Waals surface area contributed by atoms with E-state index in [4.69, 9.17) is 0 Å². The Labute approximate surface area is 139 Å². The van der Waals surface area contributed by atoms with Gasteiger partial charge in [-0.25, -0.2) is 9.36 Å². The maximum absolute atomic E-state index is 4.55. The van der Waals surface area contributed by atoms with Crippen molar-refractivity contribution in [3.05, 3.63) is 59.2 Å². The molecule has 0 saturated heterocycles. The zero-order chi connectivity index (χ0) is 16.8. The molecule has 0 atom stereocenters. The van der Waals surface area contributed by atoms with E-state index in [1.54, 1.807) is 0 Å². The molecule has 3 aromatic heterocycles. The summed E-state index contributed by atoms with van der Waals surface area (Å²) in [6, 6.07) is 12.2. The number of hydrogen-bond donors (Lipinski definition) is 0. The van der Waals surface area contributed by atoms with Crippen molar-refractivity contribution in [2.24, 2.45) is 0 Å². The summed E-state index contributed by atoms with van der Waals surface area (Å²) in [5.74, 6) is 1.47. The molecule has 0 bridgehead atoms. The molecule has 4 rings (SSSR count). The van der Waals surface area contributed by atoms with Crippen molar-refractivity contribution in [3.63, 3.8) is 0 Å². The van der Waals surface area contributed by atoms with Crippen LogP contribution in [0, 0.1) is 27.7 Å². The quantitative estimate of drug-likeness (QED) is 0.569. The third-order valence-electron chi connectivity index (χ3n) is 4.07. The second-order valence-electron chi connectivity index (χ2n) is 6.07. The molecule has 0 fully saturated rings. The predicted octanol–water partition coefficient (Wildman–Crippen LogP) is 3.23. The number of nitrogens with zero attached hydrogens (tertiary/aromatic N) is 6. The van der Waals surface area contributed by atoms with Crippen LogP contribution in [0.1, 0.15) is 22.8 Å². The Morgan fingerprint density at radius 2 is 1.08 bits per heavy atom. The van der Waals surface area contributed by atoms with Gasteiger partial charge >= 0.3 is 0 Å². The van der Waals surface area contributed by atoms with Gasteiger partial charge in [0.25, 0.3) is 0 Å². The van der Waals surface area contributed by atoms with Crippen LogP contribution in [0.2, 0.25) is 0 Å². The van der Waals surface area contributed by atoms with Crippen LogP contribution in [0.15, 0.2) is 36.4 Å². The second-order valence-corrected chi connectivity index (χ2v) is 6.07. The van der Waals surface area contributed by atoms with Crippen LogP contribution in [0.4, 0.5) is 0 Å². The monoisotopic (exact) mass is 318 g/mol. The van der Waals surface area contributed by atoms with Gasteiger partial charge in [-0.2, -0.15) is 10.2 Å². The van der Waals surface area contributed by atoms with E-state index in [2.05, 4.69) is 20.4 Å². The molecule has 0 spiro atoms. The fourth-order valence-electron chi connectivity index (χ4n) is 3.08. The number of aromatic nitrogens is 6. The molecule has 0 aliphatic carbocycles. The molecular formula is C18H18N6. The molecule has 0 radical (unpaired) electrons. The van der Waals surface area contributed by atoms with E-state index >= 15 is 0 Å². The minimum absolute atomic E-state index is 0.737. The average molecular weight is 318 g/mol. The summed E-state index contributed by atoms with van der Waals surface area (Å²) >= 11 is 0. The molecular weight excluding hydrogens is 300 g/mol. The Hall–Kier alpha value is -3.02. The van der Waals surface area contributed by atoms with Crippen LogP contribution in [0.25, 0.3) is 22.4 Å². The minimum Gasteiger partial charge on any atom is -0.217 e. The second kappa shape index (κ2) is 5.26. The first-order chi connectivity index (χ1) is 11.5. The molecule has 3 heterocycles. The van der Waals surface area contributed by atoms with Crippen molar-refractivity contribution in [2.75, 3.05) is 0 Å². The lowest BCUT2D eigenvalue weighted by atomic mass is 10.1. The van der Waals surface area contributed by atoms with E-state index in [0.717, 1.165) is 45.2 Å². The average Bonchev–Trinajstić information content (AvgIpc) is 3.07. The van der Waals surface area contributed by atoms with Gasteiger partial charge in [0.1, 0.15) is 0 Å². The molecule has 120 valence electrons. The summed E-state index contributed by atoms with van der Waals surface area (Å²) in [6.07, 6.45) is 0. The Kier molecular flexibility index (Phi) is 3.19. The first-order valence-electron chi connectivity index (χ1n) is 7.87. The van der Waals surface area contributed by atoms with Gasteiger partial charge in [-0.3, -0.25) is 0 Å². The van der Waals surface area contributed by atoms with Crippen molar-refractivity contribution in [2.45, 2.75) is 27.7 Å². The molecule has 0 unspecified atom stereocenters. The van der Waals surface area contributed by atoms with Crippen molar-refractivity contribution >= 4 is 10.8 Å². The first-order valence-corrected chi connectivity index (χ1v) is 7.87. The van der Waals surface area contributed by atoms with Crippen LogP contribution in [-0.2, 0) is 0 Å². The molecule has 6 heteroatoms. The van der Waals surface area contributed by atoms with Gasteiger partial charge in [0, 0.05) is 22.2 Å². The van der Waals surface area contributed by atoms with E-state index in [1.807, 2.05) is 73.5 Å². The highest BCUT2D eigenvalue weighted by Crippen LogP contribution is 2.25. The van der Waals surface area contributed by atoms with E-state index < -0.39 is 0 Å². The number of aryl methyl sites for hydroxylation is 4. The van der Waals surface area contributed by atoms with E-state index in [9.17, 15) is 0 Å². The van der Waals surface area contributed by atoms with Crippen LogP contribution in [0.3, 0.4) is 0 Å². The fourth-order valence-corrected chi connectivity index (χ4v) is 3.08. The van der Waals surface area contributed by atoms with Crippen molar-refractivity contribution in [3.8, 4) is 11.6 Å². The Balaban J connectivity index is 2.02. The van der Waals surface area contributed by atoms with Crippen LogP contribution < -0.4 is 0 Å². The predicted molar refractivity (Wildman–Crippen MR) is 92.7 cm³/mol. The molecule has 0 amide bonds. The smallest absolute Gasteiger partial charge is 0.183 e. The number of fused-ring (bicyclic) bond motifs is 1. The van der Waals surface area contributed by atoms with Crippen LogP contribution >= 0.6 is 0 Å². The van der Waals surface area contributed by atoms with Gasteiger partial charge < -0.3 is 0 Å². The molecule has 24 heavy (non-hydrogen) atoms. The fraction of sp³-hybridized carbons (Fsp3) is 0.222. The normalized spacial score (nSPS) is 11.3. The minimum atomic E-state index is 0.737. The Morgan fingerprint density at radius 3 is 1.42 bits per heavy atom. The number of hydrogen-bond acceptors (Lipinski definition) is 4. The molecule has 1 aromatic carbocycles. The highest BCUT2D eigenvalue weighted by molar-refractivity contribution is 5.93. The van der Waals surface area contributed by atoms with E-state index in [-0.39, 0.29) is 0 Å². The van der Waals surface area contributed by atoms with Crippen LogP contribution in [-0.4, -0.2) is 29.8 Å². The lowest BCUT2D eigenvalue weighted by Crippen LogP contribution is -2.09. The highest BCUT2D eigenvalue weighted by atomic mass is 15.4. The summed E-state index contributed by atoms with van der Waals surface area (Å²) in [6.45, 7) is 7.99. The third-order valence-corrected chi connectivity index (χ3v) is 4.07. The zero-order valence-corrected chi connectivity index (χ0v) is 14.1. The maximum atomic E-state index is 4.55. The maximum Gasteiger partial charge on any atom is 0.183 e. The number of benzene rings is 1. The Morgan fingerprint density at radius 1 is 0.667 bits per heavy atom. The van der Waals surface area contributed by atoms with E-state index in [1.165, 1.54) is 0 Å². The van der Waals surface area contributed by atoms with Gasteiger partial charge in [0.2, 0.25) is 0 Å². The van der Waals surface area contributed by atoms with E-state index in [0.29, 0.717) is 0 Å². The van der Waals surface area contributed by atoms with Crippen LogP contribution in [0.5, 0.6) is 0 Å². The summed E-state index contributed by atoms with van der Waals surface area (Å²) in [7, 11) is 0. The lowest BCUT2D eigenvalue weighted by Gasteiger charge is -2.11. The standard InChI is InChI=1S/C18H18N6/c1-11-9-13(3)23(21-11)17-15-7-5-6-8-16(15)18(20-19-17)24-14(4)10-12(2)22-24/h5-10H,1-4H3. The molecule has 4 aromatic rings. The molecule has 0 aliphatic rings. The summed E-state index contributed by atoms with van der Waals surface area (Å²) in [4.78, 5) is 0. The van der Waals surface area contributed by atoms with Gasteiger partial charge in [0.05, 0.1) is 11.4 Å². The zero-order valence-electron chi connectivity index (χ0n) is 14.1. The van der Waals surface area contributed by atoms with Crippen molar-refractivity contribution in [1.82, 2.24) is 29.8 Å². The molecule has 0 N–H and O–H groups in total. The Bertz CT molecular complexity index is 972.